The first-order chi connectivity index (χ1) is 16.8. The number of ether oxygens (including phenoxy) is 1. The van der Waals surface area contributed by atoms with E-state index in [-0.39, 0.29) is 28.2 Å². The third kappa shape index (κ3) is 5.99. The molecule has 0 radical (unpaired) electrons. The van der Waals surface area contributed by atoms with Gasteiger partial charge in [0.2, 0.25) is 0 Å². The minimum absolute atomic E-state index is 0.109. The van der Waals surface area contributed by atoms with Gasteiger partial charge >= 0.3 is 0 Å². The highest BCUT2D eigenvalue weighted by Gasteiger charge is 2.24. The Labute approximate surface area is 204 Å². The monoisotopic (exact) mass is 493 g/mol. The number of aryl methyl sites for hydroxylation is 1. The van der Waals surface area contributed by atoms with Crippen LogP contribution in [0.4, 0.5) is 11.4 Å². The Kier molecular flexibility index (Phi) is 7.07. The maximum absolute atomic E-state index is 13.1. The standard InChI is InChI=1S/C26H27N3O5S/c1-3-17-7-10-21(11-8-17)29-35(32,33)24-16-19(9-14-23(24)34-2)26(31)28-22-6-4-5-18(15-22)25(30)27-20-12-13-20/h4-11,14-16,20,29H,3,12-13H2,1-2H3,(H,27,30)(H,28,31). The second-order valence-corrected chi connectivity index (χ2v) is 9.96. The number of sulfonamides is 1. The van der Waals surface area contributed by atoms with Gasteiger partial charge < -0.3 is 15.4 Å². The van der Waals surface area contributed by atoms with E-state index in [1.54, 1.807) is 36.4 Å². The van der Waals surface area contributed by atoms with Crippen molar-refractivity contribution >= 4 is 33.2 Å². The lowest BCUT2D eigenvalue weighted by Crippen LogP contribution is -2.25. The van der Waals surface area contributed by atoms with Gasteiger partial charge in [-0.2, -0.15) is 0 Å². The molecular weight excluding hydrogens is 466 g/mol. The Hall–Kier alpha value is -3.85. The molecular formula is C26H27N3O5S. The lowest BCUT2D eigenvalue weighted by molar-refractivity contribution is 0.0949. The van der Waals surface area contributed by atoms with Crippen LogP contribution in [-0.2, 0) is 16.4 Å². The van der Waals surface area contributed by atoms with Crippen molar-refractivity contribution < 1.29 is 22.7 Å². The minimum atomic E-state index is -4.04. The van der Waals surface area contributed by atoms with Crippen molar-refractivity contribution in [3.05, 3.63) is 83.4 Å². The fourth-order valence-electron chi connectivity index (χ4n) is 3.48. The van der Waals surface area contributed by atoms with Crippen molar-refractivity contribution in [2.75, 3.05) is 17.1 Å². The molecule has 2 amide bonds. The first-order valence-corrected chi connectivity index (χ1v) is 12.8. The summed E-state index contributed by atoms with van der Waals surface area (Å²) < 4.78 is 34.0. The van der Waals surface area contributed by atoms with Gasteiger partial charge in [0.1, 0.15) is 10.6 Å². The van der Waals surface area contributed by atoms with Crippen LogP contribution < -0.4 is 20.1 Å². The lowest BCUT2D eigenvalue weighted by atomic mass is 10.1. The Morgan fingerprint density at radius 2 is 1.63 bits per heavy atom. The molecule has 182 valence electrons. The quantitative estimate of drug-likeness (QED) is 0.413. The fourth-order valence-corrected chi connectivity index (χ4v) is 4.74. The predicted molar refractivity (Wildman–Crippen MR) is 135 cm³/mol. The zero-order valence-electron chi connectivity index (χ0n) is 19.5. The Bertz CT molecular complexity index is 1350. The van der Waals surface area contributed by atoms with E-state index in [1.807, 2.05) is 19.1 Å². The molecule has 3 aromatic rings. The average Bonchev–Trinajstić information content (AvgIpc) is 3.68. The zero-order valence-corrected chi connectivity index (χ0v) is 20.3. The number of hydrogen-bond donors (Lipinski definition) is 3. The van der Waals surface area contributed by atoms with Crippen LogP contribution in [-0.4, -0.2) is 33.4 Å². The smallest absolute Gasteiger partial charge is 0.265 e. The molecule has 1 fully saturated rings. The van der Waals surface area contributed by atoms with Crippen LogP contribution in [0, 0.1) is 0 Å². The van der Waals surface area contributed by atoms with Crippen molar-refractivity contribution in [3.63, 3.8) is 0 Å². The van der Waals surface area contributed by atoms with E-state index < -0.39 is 15.9 Å². The van der Waals surface area contributed by atoms with Gasteiger partial charge in [0.05, 0.1) is 7.11 Å². The summed E-state index contributed by atoms with van der Waals surface area (Å²) in [6.45, 7) is 2.01. The van der Waals surface area contributed by atoms with E-state index in [0.29, 0.717) is 16.9 Å². The van der Waals surface area contributed by atoms with Crippen molar-refractivity contribution in [1.82, 2.24) is 5.32 Å². The zero-order chi connectivity index (χ0) is 25.0. The topological polar surface area (TPSA) is 114 Å². The summed E-state index contributed by atoms with van der Waals surface area (Å²) in [5.74, 6) is -0.603. The number of amides is 2. The van der Waals surface area contributed by atoms with Gasteiger partial charge in [-0.25, -0.2) is 8.42 Å². The van der Waals surface area contributed by atoms with Gasteiger partial charge in [-0.15, -0.1) is 0 Å². The van der Waals surface area contributed by atoms with Crippen LogP contribution in [0.15, 0.2) is 71.6 Å². The molecule has 1 aliphatic carbocycles. The molecule has 0 saturated heterocycles. The van der Waals surface area contributed by atoms with Crippen LogP contribution in [0.3, 0.4) is 0 Å². The lowest BCUT2D eigenvalue weighted by Gasteiger charge is -2.14. The van der Waals surface area contributed by atoms with Gasteiger partial charge in [-0.05, 0) is 73.4 Å². The summed E-state index contributed by atoms with van der Waals surface area (Å²) in [5, 5.41) is 5.63. The molecule has 0 heterocycles. The molecule has 1 saturated carbocycles. The molecule has 4 rings (SSSR count). The van der Waals surface area contributed by atoms with Gasteiger partial charge in [0.15, 0.2) is 0 Å². The molecule has 0 unspecified atom stereocenters. The van der Waals surface area contributed by atoms with Crippen LogP contribution in [0.25, 0.3) is 0 Å². The van der Waals surface area contributed by atoms with Gasteiger partial charge in [-0.3, -0.25) is 14.3 Å². The summed E-state index contributed by atoms with van der Waals surface area (Å²) >= 11 is 0. The summed E-state index contributed by atoms with van der Waals surface area (Å²) in [6.07, 6.45) is 2.79. The number of carbonyl (C=O) groups is 2. The number of nitrogens with one attached hydrogen (secondary N) is 3. The highest BCUT2D eigenvalue weighted by Crippen LogP contribution is 2.28. The van der Waals surface area contributed by atoms with Crippen molar-refractivity contribution in [3.8, 4) is 5.75 Å². The van der Waals surface area contributed by atoms with Crippen molar-refractivity contribution in [2.45, 2.75) is 37.1 Å². The summed E-state index contributed by atoms with van der Waals surface area (Å²) in [7, 11) is -2.67. The van der Waals surface area contributed by atoms with Crippen LogP contribution in [0.1, 0.15) is 46.0 Å². The van der Waals surface area contributed by atoms with E-state index in [1.165, 1.54) is 25.3 Å². The minimum Gasteiger partial charge on any atom is -0.495 e. The molecule has 9 heteroatoms. The number of rotatable bonds is 9. The highest BCUT2D eigenvalue weighted by atomic mass is 32.2. The van der Waals surface area contributed by atoms with Crippen LogP contribution in [0.5, 0.6) is 5.75 Å². The molecule has 3 N–H and O–H groups in total. The largest absolute Gasteiger partial charge is 0.495 e. The predicted octanol–water partition coefficient (Wildman–Crippen LogP) is 4.20. The normalized spacial score (nSPS) is 13.1. The molecule has 0 spiro atoms. The van der Waals surface area contributed by atoms with Crippen molar-refractivity contribution in [1.29, 1.82) is 0 Å². The summed E-state index contributed by atoms with van der Waals surface area (Å²) in [4.78, 5) is 25.1. The number of methoxy groups -OCH3 is 1. The summed E-state index contributed by atoms with van der Waals surface area (Å²) in [5.41, 5.74) is 2.47. The first-order valence-electron chi connectivity index (χ1n) is 11.3. The first kappa shape index (κ1) is 24.3. The fraction of sp³-hybridized carbons (Fsp3) is 0.231. The number of benzene rings is 3. The number of hydrogen-bond acceptors (Lipinski definition) is 5. The highest BCUT2D eigenvalue weighted by molar-refractivity contribution is 7.92. The van der Waals surface area contributed by atoms with Crippen LogP contribution >= 0.6 is 0 Å². The van der Waals surface area contributed by atoms with E-state index in [2.05, 4.69) is 15.4 Å². The van der Waals surface area contributed by atoms with Gasteiger partial charge in [0.25, 0.3) is 21.8 Å². The van der Waals surface area contributed by atoms with E-state index >= 15 is 0 Å². The second kappa shape index (κ2) is 10.2. The SMILES string of the molecule is CCc1ccc(NS(=O)(=O)c2cc(C(=O)Nc3cccc(C(=O)NC4CC4)c3)ccc2OC)cc1. The molecule has 3 aromatic carbocycles. The van der Waals surface area contributed by atoms with E-state index in [0.717, 1.165) is 24.8 Å². The Morgan fingerprint density at radius 3 is 2.29 bits per heavy atom. The average molecular weight is 494 g/mol. The van der Waals surface area contributed by atoms with E-state index in [4.69, 9.17) is 4.74 Å². The molecule has 0 aliphatic heterocycles. The molecule has 8 nitrogen and oxygen atoms in total. The second-order valence-electron chi connectivity index (χ2n) is 8.30. The Morgan fingerprint density at radius 1 is 0.914 bits per heavy atom. The molecule has 35 heavy (non-hydrogen) atoms. The van der Waals surface area contributed by atoms with Crippen LogP contribution in [0.2, 0.25) is 0 Å². The molecule has 0 aromatic heterocycles. The van der Waals surface area contributed by atoms with Crippen molar-refractivity contribution in [2.24, 2.45) is 0 Å². The Balaban J connectivity index is 1.54. The third-order valence-corrected chi connectivity index (χ3v) is 7.03. The maximum atomic E-state index is 13.1. The third-order valence-electron chi connectivity index (χ3n) is 5.62. The summed E-state index contributed by atoms with van der Waals surface area (Å²) in [6, 6.07) is 18.1. The molecule has 1 aliphatic rings. The number of anilines is 2. The maximum Gasteiger partial charge on any atom is 0.265 e. The number of carbonyl (C=O) groups excluding carboxylic acids is 2. The van der Waals surface area contributed by atoms with Gasteiger partial charge in [0, 0.05) is 28.5 Å². The van der Waals surface area contributed by atoms with E-state index in [9.17, 15) is 18.0 Å². The van der Waals surface area contributed by atoms with Gasteiger partial charge in [-0.1, -0.05) is 25.1 Å². The molecule has 0 atom stereocenters. The molecule has 0 bridgehead atoms.